The molecule has 16 heavy (non-hydrogen) atoms. The van der Waals surface area contributed by atoms with Crippen molar-refractivity contribution in [3.63, 3.8) is 0 Å². The Morgan fingerprint density at radius 3 is 1.94 bits per heavy atom. The van der Waals surface area contributed by atoms with Gasteiger partial charge in [-0.15, -0.1) is 0 Å². The summed E-state index contributed by atoms with van der Waals surface area (Å²) in [7, 11) is 0. The number of carboxylic acids is 2. The van der Waals surface area contributed by atoms with Gasteiger partial charge in [0.25, 0.3) is 0 Å². The fourth-order valence-electron chi connectivity index (χ4n) is 3.13. The maximum atomic E-state index is 11.0. The van der Waals surface area contributed by atoms with Crippen molar-refractivity contribution in [1.29, 1.82) is 0 Å². The number of rotatable bonds is 3. The van der Waals surface area contributed by atoms with E-state index in [1.165, 1.54) is 0 Å². The topological polar surface area (TPSA) is 74.6 Å². The van der Waals surface area contributed by atoms with E-state index in [9.17, 15) is 9.59 Å². The second-order valence-corrected chi connectivity index (χ2v) is 4.46. The van der Waals surface area contributed by atoms with E-state index in [1.807, 2.05) is 30.3 Å². The van der Waals surface area contributed by atoms with Crippen molar-refractivity contribution >= 4 is 11.9 Å². The van der Waals surface area contributed by atoms with Crippen LogP contribution in [0, 0.1) is 17.8 Å². The summed E-state index contributed by atoms with van der Waals surface area (Å²) in [6.45, 7) is 0. The van der Waals surface area contributed by atoms with Gasteiger partial charge in [-0.1, -0.05) is 30.3 Å². The molecular weight excluding hydrogens is 208 g/mol. The predicted molar refractivity (Wildman–Crippen MR) is 53.9 cm³/mol. The lowest BCUT2D eigenvalue weighted by molar-refractivity contribution is -0.144. The Labute approximate surface area is 91.5 Å². The molecule has 2 saturated carbocycles. The average Bonchev–Trinajstić information content (AvgIpc) is 3.04. The highest BCUT2D eigenvalue weighted by atomic mass is 16.4. The van der Waals surface area contributed by atoms with Gasteiger partial charge in [0.15, 0.2) is 0 Å². The highest BCUT2D eigenvalue weighted by Gasteiger charge is 2.92. The minimum atomic E-state index is -0.883. The summed E-state index contributed by atoms with van der Waals surface area (Å²) in [4.78, 5) is 21.9. The van der Waals surface area contributed by atoms with E-state index >= 15 is 0 Å². The van der Waals surface area contributed by atoms with E-state index in [2.05, 4.69) is 0 Å². The third-order valence-corrected chi connectivity index (χ3v) is 3.89. The van der Waals surface area contributed by atoms with E-state index in [1.54, 1.807) is 0 Å². The minimum Gasteiger partial charge on any atom is -0.481 e. The lowest BCUT2D eigenvalue weighted by atomic mass is 9.90. The van der Waals surface area contributed by atoms with Crippen LogP contribution < -0.4 is 0 Å². The van der Waals surface area contributed by atoms with Gasteiger partial charge in [-0.25, -0.2) is 0 Å². The van der Waals surface area contributed by atoms with E-state index in [0.717, 1.165) is 5.56 Å². The maximum Gasteiger partial charge on any atom is 0.307 e. The lowest BCUT2D eigenvalue weighted by Crippen LogP contribution is -2.25. The van der Waals surface area contributed by atoms with E-state index in [0.29, 0.717) is 0 Å². The Balaban J connectivity index is 1.98. The van der Waals surface area contributed by atoms with Crippen molar-refractivity contribution in [2.75, 3.05) is 0 Å². The molecule has 2 N–H and O–H groups in total. The average molecular weight is 218 g/mol. The van der Waals surface area contributed by atoms with Crippen LogP contribution in [0.3, 0.4) is 0 Å². The van der Waals surface area contributed by atoms with Crippen molar-refractivity contribution in [3.05, 3.63) is 35.9 Å². The van der Waals surface area contributed by atoms with Gasteiger partial charge in [0, 0.05) is 5.41 Å². The first-order valence-corrected chi connectivity index (χ1v) is 5.13. The molecule has 0 bridgehead atoms. The molecule has 2 aliphatic carbocycles. The van der Waals surface area contributed by atoms with Gasteiger partial charge >= 0.3 is 11.9 Å². The van der Waals surface area contributed by atoms with Gasteiger partial charge in [0.2, 0.25) is 0 Å². The highest BCUT2D eigenvalue weighted by Crippen LogP contribution is 2.83. The number of hydrogen-bond acceptors (Lipinski definition) is 2. The molecule has 1 aromatic rings. The molecule has 4 nitrogen and oxygen atoms in total. The summed E-state index contributed by atoms with van der Waals surface area (Å²) in [6, 6.07) is 9.11. The zero-order valence-corrected chi connectivity index (χ0v) is 8.33. The number of carbonyl (C=O) groups is 2. The molecule has 1 aromatic carbocycles. The van der Waals surface area contributed by atoms with Crippen molar-refractivity contribution < 1.29 is 19.8 Å². The first-order chi connectivity index (χ1) is 7.61. The molecule has 0 aliphatic heterocycles. The van der Waals surface area contributed by atoms with Gasteiger partial charge < -0.3 is 10.2 Å². The van der Waals surface area contributed by atoms with Crippen LogP contribution in [0.25, 0.3) is 0 Å². The molecule has 0 spiro atoms. The minimum absolute atomic E-state index is 0.204. The summed E-state index contributed by atoms with van der Waals surface area (Å²) in [5.74, 6) is -2.98. The summed E-state index contributed by atoms with van der Waals surface area (Å²) >= 11 is 0. The summed E-state index contributed by atoms with van der Waals surface area (Å²) in [5, 5.41) is 18.0. The highest BCUT2D eigenvalue weighted by molar-refractivity contribution is 5.92. The van der Waals surface area contributed by atoms with E-state index in [-0.39, 0.29) is 5.92 Å². The number of aliphatic carboxylic acids is 2. The number of carboxylic acid groups (broad SMARTS) is 2. The van der Waals surface area contributed by atoms with Crippen LogP contribution in [0.5, 0.6) is 0 Å². The Bertz CT molecular complexity index is 457. The van der Waals surface area contributed by atoms with Crippen LogP contribution in [0.1, 0.15) is 5.56 Å². The van der Waals surface area contributed by atoms with Crippen LogP contribution in [0.4, 0.5) is 0 Å². The van der Waals surface area contributed by atoms with Crippen LogP contribution >= 0.6 is 0 Å². The zero-order valence-electron chi connectivity index (χ0n) is 8.33. The van der Waals surface area contributed by atoms with Crippen LogP contribution in [-0.2, 0) is 15.0 Å². The third-order valence-electron chi connectivity index (χ3n) is 3.89. The van der Waals surface area contributed by atoms with Gasteiger partial charge in [-0.2, -0.15) is 0 Å². The molecule has 2 atom stereocenters. The molecule has 0 amide bonds. The summed E-state index contributed by atoms with van der Waals surface area (Å²) < 4.78 is 0. The Hall–Kier alpha value is -1.84. The molecule has 0 saturated heterocycles. The first kappa shape index (κ1) is 9.39. The van der Waals surface area contributed by atoms with Gasteiger partial charge in [-0.3, -0.25) is 9.59 Å². The molecule has 4 heteroatoms. The maximum absolute atomic E-state index is 11.0. The van der Waals surface area contributed by atoms with Crippen LogP contribution in [-0.4, -0.2) is 22.2 Å². The molecule has 0 heterocycles. The van der Waals surface area contributed by atoms with Gasteiger partial charge in [-0.05, 0) is 11.5 Å². The number of benzene rings is 1. The lowest BCUT2D eigenvalue weighted by Gasteiger charge is -2.13. The van der Waals surface area contributed by atoms with Crippen molar-refractivity contribution in [2.45, 2.75) is 5.41 Å². The standard InChI is InChI=1S/C12H10O4/c13-10(14)8-7-9(11(15)16)12(7,8)6-4-2-1-3-5-6/h1-5,7-9H,(H,13,14)(H,15,16)/t7?,8-,9-,12?/m0/s1. The monoisotopic (exact) mass is 218 g/mol. The molecule has 2 aliphatic rings. The molecule has 2 fully saturated rings. The van der Waals surface area contributed by atoms with Crippen LogP contribution in [0.15, 0.2) is 30.3 Å². The SMILES string of the molecule is O=C(O)[C@@H]1C2[C@@H](C(=O)O)C21c1ccccc1. The zero-order chi connectivity index (χ0) is 11.5. The normalized spacial score (nSPS) is 38.6. The fraction of sp³-hybridized carbons (Fsp3) is 0.333. The van der Waals surface area contributed by atoms with Crippen molar-refractivity contribution in [3.8, 4) is 0 Å². The second kappa shape index (κ2) is 2.64. The smallest absolute Gasteiger partial charge is 0.307 e. The summed E-state index contributed by atoms with van der Waals surface area (Å²) in [5.41, 5.74) is 0.235. The summed E-state index contributed by atoms with van der Waals surface area (Å²) in [6.07, 6.45) is 0. The molecule has 82 valence electrons. The van der Waals surface area contributed by atoms with Crippen molar-refractivity contribution in [2.24, 2.45) is 17.8 Å². The molecule has 0 aromatic heterocycles. The third kappa shape index (κ3) is 0.852. The second-order valence-electron chi connectivity index (χ2n) is 4.46. The Morgan fingerprint density at radius 1 is 1.00 bits per heavy atom. The first-order valence-electron chi connectivity index (χ1n) is 5.13. The van der Waals surface area contributed by atoms with E-state index in [4.69, 9.17) is 10.2 Å². The van der Waals surface area contributed by atoms with E-state index < -0.39 is 29.2 Å². The quantitative estimate of drug-likeness (QED) is 0.792. The van der Waals surface area contributed by atoms with Crippen LogP contribution in [0.2, 0.25) is 0 Å². The predicted octanol–water partition coefficient (Wildman–Crippen LogP) is 0.969. The Kier molecular flexibility index (Phi) is 1.55. The number of hydrogen-bond donors (Lipinski definition) is 2. The molecule has 0 unspecified atom stereocenters. The van der Waals surface area contributed by atoms with Gasteiger partial charge in [0.1, 0.15) is 0 Å². The largest absolute Gasteiger partial charge is 0.481 e. The van der Waals surface area contributed by atoms with Gasteiger partial charge in [0.05, 0.1) is 11.8 Å². The molecule has 3 rings (SSSR count). The Morgan fingerprint density at radius 2 is 1.50 bits per heavy atom. The number of fused-ring (bicyclic) bond motifs is 1. The molecule has 0 radical (unpaired) electrons. The molecular formula is C12H10O4. The van der Waals surface area contributed by atoms with Crippen molar-refractivity contribution in [1.82, 2.24) is 0 Å². The fourth-order valence-corrected chi connectivity index (χ4v) is 3.13.